The van der Waals surface area contributed by atoms with Gasteiger partial charge in [0.05, 0.1) is 6.42 Å². The van der Waals surface area contributed by atoms with Gasteiger partial charge in [-0.05, 0) is 67.9 Å². The first kappa shape index (κ1) is 24.0. The predicted octanol–water partition coefficient (Wildman–Crippen LogP) is 5.41. The number of carbonyl (C=O) groups is 2. The Kier molecular flexibility index (Phi) is 8.49. The van der Waals surface area contributed by atoms with Gasteiger partial charge in [0.1, 0.15) is 6.04 Å². The van der Waals surface area contributed by atoms with Crippen molar-refractivity contribution >= 4 is 11.8 Å². The van der Waals surface area contributed by atoms with E-state index in [1.807, 2.05) is 25.1 Å². The van der Waals surface area contributed by atoms with E-state index in [2.05, 4.69) is 50.4 Å². The molecule has 2 aromatic carbocycles. The van der Waals surface area contributed by atoms with Crippen LogP contribution in [0.2, 0.25) is 0 Å². The number of nitrogens with one attached hydrogen (secondary N) is 1. The van der Waals surface area contributed by atoms with Crippen molar-refractivity contribution in [2.24, 2.45) is 0 Å². The minimum absolute atomic E-state index is 0.00199. The highest BCUT2D eigenvalue weighted by Gasteiger charge is 2.30. The maximum absolute atomic E-state index is 13.6. The molecule has 1 N–H and O–H groups in total. The third-order valence-electron chi connectivity index (χ3n) is 6.87. The van der Waals surface area contributed by atoms with Gasteiger partial charge in [-0.3, -0.25) is 9.59 Å². The van der Waals surface area contributed by atoms with Gasteiger partial charge in [-0.25, -0.2) is 0 Å². The Morgan fingerprint density at radius 1 is 0.969 bits per heavy atom. The molecule has 0 saturated heterocycles. The van der Waals surface area contributed by atoms with Crippen LogP contribution in [0.15, 0.2) is 42.5 Å². The van der Waals surface area contributed by atoms with Gasteiger partial charge >= 0.3 is 0 Å². The summed E-state index contributed by atoms with van der Waals surface area (Å²) in [5, 5.41) is 3.25. The number of rotatable bonds is 8. The molecule has 1 aliphatic rings. The van der Waals surface area contributed by atoms with Crippen molar-refractivity contribution in [1.29, 1.82) is 0 Å². The minimum Gasteiger partial charge on any atom is -0.352 e. The lowest BCUT2D eigenvalue weighted by molar-refractivity contribution is -0.141. The van der Waals surface area contributed by atoms with E-state index in [4.69, 9.17) is 0 Å². The van der Waals surface area contributed by atoms with Gasteiger partial charge in [0, 0.05) is 12.6 Å². The number of hydrogen-bond acceptors (Lipinski definition) is 2. The molecule has 0 aromatic heterocycles. The first-order chi connectivity index (χ1) is 15.4. The smallest absolute Gasteiger partial charge is 0.243 e. The second kappa shape index (κ2) is 11.3. The quantitative estimate of drug-likeness (QED) is 0.604. The van der Waals surface area contributed by atoms with Crippen molar-refractivity contribution in [3.8, 4) is 0 Å². The number of nitrogens with zero attached hydrogens (tertiary/aromatic N) is 1. The summed E-state index contributed by atoms with van der Waals surface area (Å²) in [7, 11) is 0. The summed E-state index contributed by atoms with van der Waals surface area (Å²) in [4.78, 5) is 28.7. The average Bonchev–Trinajstić information content (AvgIpc) is 2.78. The molecule has 3 rings (SSSR count). The van der Waals surface area contributed by atoms with E-state index in [1.54, 1.807) is 4.90 Å². The molecule has 4 heteroatoms. The third kappa shape index (κ3) is 6.21. The van der Waals surface area contributed by atoms with Crippen LogP contribution >= 0.6 is 0 Å². The molecule has 0 spiro atoms. The van der Waals surface area contributed by atoms with Crippen molar-refractivity contribution in [2.75, 3.05) is 0 Å². The molecule has 1 fully saturated rings. The summed E-state index contributed by atoms with van der Waals surface area (Å²) in [6.45, 7) is 8.66. The summed E-state index contributed by atoms with van der Waals surface area (Å²) in [5.74, 6) is -0.0106. The van der Waals surface area contributed by atoms with Crippen molar-refractivity contribution < 1.29 is 9.59 Å². The monoisotopic (exact) mass is 434 g/mol. The van der Waals surface area contributed by atoms with Gasteiger partial charge < -0.3 is 10.2 Å². The predicted molar refractivity (Wildman–Crippen MR) is 130 cm³/mol. The van der Waals surface area contributed by atoms with Gasteiger partial charge in [-0.2, -0.15) is 0 Å². The molecule has 1 aliphatic carbocycles. The molecule has 0 radical (unpaired) electrons. The fraction of sp³-hybridized carbons (Fsp3) is 0.500. The van der Waals surface area contributed by atoms with Crippen LogP contribution in [0.5, 0.6) is 0 Å². The van der Waals surface area contributed by atoms with Crippen LogP contribution in [-0.4, -0.2) is 28.8 Å². The standard InChI is InChI=1S/C28H38N2O2/c1-5-26(28(32)29-25-13-7-6-8-14-25)30(19-24-12-10-9-11-21(24)3)27(31)18-23-16-15-20(2)22(4)17-23/h9-12,15-17,25-26H,5-8,13-14,18-19H2,1-4H3,(H,29,32)/t26-/m0/s1. The molecule has 32 heavy (non-hydrogen) atoms. The number of aryl methyl sites for hydroxylation is 3. The normalized spacial score (nSPS) is 15.2. The van der Waals surface area contributed by atoms with Crippen LogP contribution in [0.1, 0.15) is 73.3 Å². The van der Waals surface area contributed by atoms with Gasteiger partial charge in [0.15, 0.2) is 0 Å². The van der Waals surface area contributed by atoms with Crippen LogP contribution in [0.4, 0.5) is 0 Å². The van der Waals surface area contributed by atoms with Gasteiger partial charge in [-0.1, -0.05) is 68.7 Å². The number of benzene rings is 2. The number of hydrogen-bond donors (Lipinski definition) is 1. The van der Waals surface area contributed by atoms with E-state index >= 15 is 0 Å². The first-order valence-electron chi connectivity index (χ1n) is 12.1. The van der Waals surface area contributed by atoms with E-state index in [-0.39, 0.29) is 17.9 Å². The molecule has 2 amide bonds. The summed E-state index contributed by atoms with van der Waals surface area (Å²) in [5.41, 5.74) is 5.62. The molecule has 0 bridgehead atoms. The Hall–Kier alpha value is -2.62. The molecular formula is C28H38N2O2. The van der Waals surface area contributed by atoms with E-state index in [9.17, 15) is 9.59 Å². The molecular weight excluding hydrogens is 396 g/mol. The maximum atomic E-state index is 13.6. The number of amides is 2. The Labute approximate surface area is 193 Å². The molecule has 0 unspecified atom stereocenters. The lowest BCUT2D eigenvalue weighted by Crippen LogP contribution is -2.52. The van der Waals surface area contributed by atoms with Crippen LogP contribution in [0.3, 0.4) is 0 Å². The molecule has 1 saturated carbocycles. The Balaban J connectivity index is 1.83. The molecule has 1 atom stereocenters. The average molecular weight is 435 g/mol. The minimum atomic E-state index is -0.462. The second-order valence-electron chi connectivity index (χ2n) is 9.31. The first-order valence-corrected chi connectivity index (χ1v) is 12.1. The van der Waals surface area contributed by atoms with Gasteiger partial charge in [-0.15, -0.1) is 0 Å². The zero-order chi connectivity index (χ0) is 23.1. The Morgan fingerprint density at radius 3 is 2.34 bits per heavy atom. The summed E-state index contributed by atoms with van der Waals surface area (Å²) in [6.07, 6.45) is 6.56. The SMILES string of the molecule is CC[C@@H](C(=O)NC1CCCCC1)N(Cc1ccccc1C)C(=O)Cc1ccc(C)c(C)c1. The van der Waals surface area contributed by atoms with E-state index in [0.29, 0.717) is 19.4 Å². The second-order valence-corrected chi connectivity index (χ2v) is 9.31. The molecule has 4 nitrogen and oxygen atoms in total. The van der Waals surface area contributed by atoms with Crippen molar-refractivity contribution in [3.63, 3.8) is 0 Å². The lowest BCUT2D eigenvalue weighted by atomic mass is 9.95. The highest BCUT2D eigenvalue weighted by Crippen LogP contribution is 2.21. The Morgan fingerprint density at radius 2 is 1.69 bits per heavy atom. The van der Waals surface area contributed by atoms with Crippen molar-refractivity contribution in [3.05, 3.63) is 70.3 Å². The van der Waals surface area contributed by atoms with Crippen molar-refractivity contribution in [1.82, 2.24) is 10.2 Å². The number of carbonyl (C=O) groups excluding carboxylic acids is 2. The van der Waals surface area contributed by atoms with Gasteiger partial charge in [0.2, 0.25) is 11.8 Å². The van der Waals surface area contributed by atoms with Crippen LogP contribution in [-0.2, 0) is 22.6 Å². The Bertz CT molecular complexity index is 931. The molecule has 0 aliphatic heterocycles. The highest BCUT2D eigenvalue weighted by atomic mass is 16.2. The van der Waals surface area contributed by atoms with Crippen LogP contribution in [0, 0.1) is 20.8 Å². The van der Waals surface area contributed by atoms with E-state index in [1.165, 1.54) is 30.4 Å². The zero-order valence-electron chi connectivity index (χ0n) is 20.1. The summed E-state index contributed by atoms with van der Waals surface area (Å²) >= 11 is 0. The van der Waals surface area contributed by atoms with Crippen LogP contribution in [0.25, 0.3) is 0 Å². The largest absolute Gasteiger partial charge is 0.352 e. The molecule has 2 aromatic rings. The fourth-order valence-electron chi connectivity index (χ4n) is 4.62. The lowest BCUT2D eigenvalue weighted by Gasteiger charge is -2.33. The highest BCUT2D eigenvalue weighted by molar-refractivity contribution is 5.88. The third-order valence-corrected chi connectivity index (χ3v) is 6.87. The van der Waals surface area contributed by atoms with E-state index < -0.39 is 6.04 Å². The topological polar surface area (TPSA) is 49.4 Å². The zero-order valence-corrected chi connectivity index (χ0v) is 20.1. The summed E-state index contributed by atoms with van der Waals surface area (Å²) < 4.78 is 0. The summed E-state index contributed by atoms with van der Waals surface area (Å²) in [6, 6.07) is 14.1. The molecule has 0 heterocycles. The van der Waals surface area contributed by atoms with Crippen molar-refractivity contribution in [2.45, 2.75) is 91.3 Å². The fourth-order valence-corrected chi connectivity index (χ4v) is 4.62. The van der Waals surface area contributed by atoms with Gasteiger partial charge in [0.25, 0.3) is 0 Å². The maximum Gasteiger partial charge on any atom is 0.243 e. The molecule has 172 valence electrons. The van der Waals surface area contributed by atoms with E-state index in [0.717, 1.165) is 29.5 Å². The van der Waals surface area contributed by atoms with Crippen LogP contribution < -0.4 is 5.32 Å².